The number of alkyl halides is 2. The van der Waals surface area contributed by atoms with Crippen molar-refractivity contribution in [1.29, 1.82) is 0 Å². The van der Waals surface area contributed by atoms with Crippen LogP contribution in [0.5, 0.6) is 0 Å². The smallest absolute Gasteiger partial charge is 0.370 e. The van der Waals surface area contributed by atoms with E-state index in [1.165, 1.54) is 19.1 Å². The first-order chi connectivity index (χ1) is 7.54. The van der Waals surface area contributed by atoms with Crippen LogP contribution < -0.4 is 0 Å². The molecule has 0 aliphatic carbocycles. The lowest BCUT2D eigenvalue weighted by molar-refractivity contribution is -0.225. The maximum absolute atomic E-state index is 13.9. The molecule has 6 heteroatoms. The Labute approximate surface area is 95.1 Å². The molecule has 0 spiro atoms. The highest BCUT2D eigenvalue weighted by Gasteiger charge is 2.50. The summed E-state index contributed by atoms with van der Waals surface area (Å²) < 4.78 is 37.6. The van der Waals surface area contributed by atoms with Crippen LogP contribution in [0.25, 0.3) is 0 Å². The van der Waals surface area contributed by atoms with E-state index >= 15 is 0 Å². The van der Waals surface area contributed by atoms with Crippen molar-refractivity contribution in [2.75, 3.05) is 47.1 Å². The quantitative estimate of drug-likeness (QED) is 0.640. The summed E-state index contributed by atoms with van der Waals surface area (Å²) in [5, 5.41) is 0. The van der Waals surface area contributed by atoms with Crippen molar-refractivity contribution in [1.82, 2.24) is 9.80 Å². The normalized spacial score (nSPS) is 23.8. The molecule has 0 radical (unpaired) electrons. The van der Waals surface area contributed by atoms with Crippen molar-refractivity contribution in [2.45, 2.75) is 19.1 Å². The number of ether oxygens (including phenoxy) is 2. The summed E-state index contributed by atoms with van der Waals surface area (Å²) in [7, 11) is 3.03. The third kappa shape index (κ3) is 2.88. The summed E-state index contributed by atoms with van der Waals surface area (Å²) in [5.41, 5.74) is 0. The van der Waals surface area contributed by atoms with Crippen molar-refractivity contribution < 1.29 is 18.3 Å². The van der Waals surface area contributed by atoms with Gasteiger partial charge in [0.15, 0.2) is 0 Å². The maximum atomic E-state index is 13.9. The van der Waals surface area contributed by atoms with E-state index in [4.69, 9.17) is 9.47 Å². The summed E-state index contributed by atoms with van der Waals surface area (Å²) in [6, 6.07) is -0.285. The fourth-order valence-corrected chi connectivity index (χ4v) is 1.94. The SMILES string of the molecule is COCCN1CCN(C(C)COC)C1(F)F. The van der Waals surface area contributed by atoms with Crippen molar-refractivity contribution >= 4 is 0 Å². The van der Waals surface area contributed by atoms with E-state index in [-0.39, 0.29) is 12.6 Å². The fourth-order valence-electron chi connectivity index (χ4n) is 1.94. The van der Waals surface area contributed by atoms with Crippen molar-refractivity contribution in [3.8, 4) is 0 Å². The molecule has 0 amide bonds. The van der Waals surface area contributed by atoms with Crippen molar-refractivity contribution in [3.63, 3.8) is 0 Å². The number of rotatable bonds is 6. The predicted molar refractivity (Wildman–Crippen MR) is 56.4 cm³/mol. The van der Waals surface area contributed by atoms with Gasteiger partial charge in [-0.1, -0.05) is 0 Å². The maximum Gasteiger partial charge on any atom is 0.370 e. The Balaban J connectivity index is 2.56. The first-order valence-electron chi connectivity index (χ1n) is 5.41. The minimum absolute atomic E-state index is 0.250. The second kappa shape index (κ2) is 5.86. The molecule has 4 nitrogen and oxygen atoms in total. The minimum Gasteiger partial charge on any atom is -0.383 e. The van der Waals surface area contributed by atoms with Crippen LogP contribution >= 0.6 is 0 Å². The zero-order valence-corrected chi connectivity index (χ0v) is 10.1. The van der Waals surface area contributed by atoms with Crippen LogP contribution in [0.15, 0.2) is 0 Å². The van der Waals surface area contributed by atoms with Crippen LogP contribution in [0, 0.1) is 0 Å². The van der Waals surface area contributed by atoms with Gasteiger partial charge < -0.3 is 9.47 Å². The molecule has 1 atom stereocenters. The fraction of sp³-hybridized carbons (Fsp3) is 1.00. The Morgan fingerprint density at radius 2 is 1.94 bits per heavy atom. The molecule has 0 saturated carbocycles. The molecule has 0 aromatic carbocycles. The van der Waals surface area contributed by atoms with Gasteiger partial charge >= 0.3 is 6.17 Å². The van der Waals surface area contributed by atoms with Crippen molar-refractivity contribution in [3.05, 3.63) is 0 Å². The summed E-state index contributed by atoms with van der Waals surface area (Å²) in [4.78, 5) is 2.31. The van der Waals surface area contributed by atoms with E-state index in [1.54, 1.807) is 6.92 Å². The number of halogens is 2. The molecular formula is C10H20F2N2O2. The van der Waals surface area contributed by atoms with Gasteiger partial charge in [0.1, 0.15) is 0 Å². The molecule has 1 heterocycles. The number of nitrogens with zero attached hydrogens (tertiary/aromatic N) is 2. The second-order valence-corrected chi connectivity index (χ2v) is 3.99. The highest BCUT2D eigenvalue weighted by Crippen LogP contribution is 2.31. The number of hydrogen-bond donors (Lipinski definition) is 0. The van der Waals surface area contributed by atoms with E-state index in [9.17, 15) is 8.78 Å². The lowest BCUT2D eigenvalue weighted by Gasteiger charge is -2.32. The molecule has 0 bridgehead atoms. The van der Waals surface area contributed by atoms with E-state index in [1.807, 2.05) is 0 Å². The molecule has 1 aliphatic heterocycles. The van der Waals surface area contributed by atoms with E-state index in [0.29, 0.717) is 26.3 Å². The van der Waals surface area contributed by atoms with E-state index in [2.05, 4.69) is 0 Å². The zero-order valence-electron chi connectivity index (χ0n) is 10.1. The predicted octanol–water partition coefficient (Wildman–Crippen LogP) is 0.836. The molecule has 0 aromatic heterocycles. The third-order valence-electron chi connectivity index (χ3n) is 2.84. The Morgan fingerprint density at radius 3 is 2.50 bits per heavy atom. The van der Waals surface area contributed by atoms with Crippen LogP contribution in [0.1, 0.15) is 6.92 Å². The first kappa shape index (κ1) is 13.8. The minimum atomic E-state index is -2.89. The van der Waals surface area contributed by atoms with Crippen LogP contribution in [0.4, 0.5) is 8.78 Å². The van der Waals surface area contributed by atoms with Crippen LogP contribution in [-0.2, 0) is 9.47 Å². The van der Waals surface area contributed by atoms with Gasteiger partial charge in [0.25, 0.3) is 0 Å². The van der Waals surface area contributed by atoms with Gasteiger partial charge in [-0.05, 0) is 6.92 Å². The summed E-state index contributed by atoms with van der Waals surface area (Å²) in [5.74, 6) is 0. The summed E-state index contributed by atoms with van der Waals surface area (Å²) in [6.07, 6.45) is -2.89. The molecule has 0 aromatic rings. The second-order valence-electron chi connectivity index (χ2n) is 3.99. The lowest BCUT2D eigenvalue weighted by Crippen LogP contribution is -2.51. The third-order valence-corrected chi connectivity index (χ3v) is 2.84. The molecule has 0 N–H and O–H groups in total. The number of hydrogen-bond acceptors (Lipinski definition) is 4. The number of methoxy groups -OCH3 is 2. The Hall–Kier alpha value is -0.300. The molecule has 1 fully saturated rings. The highest BCUT2D eigenvalue weighted by atomic mass is 19.3. The van der Waals surface area contributed by atoms with Gasteiger partial charge in [-0.15, -0.1) is 0 Å². The van der Waals surface area contributed by atoms with Crippen LogP contribution in [0.2, 0.25) is 0 Å². The largest absolute Gasteiger partial charge is 0.383 e. The van der Waals surface area contributed by atoms with Crippen LogP contribution in [0.3, 0.4) is 0 Å². The van der Waals surface area contributed by atoms with Gasteiger partial charge in [-0.2, -0.15) is 8.78 Å². The molecule has 96 valence electrons. The Bertz CT molecular complexity index is 217. The average Bonchev–Trinajstić information content (AvgIpc) is 2.51. The van der Waals surface area contributed by atoms with Gasteiger partial charge in [-0.25, -0.2) is 9.80 Å². The molecular weight excluding hydrogens is 218 g/mol. The van der Waals surface area contributed by atoms with E-state index < -0.39 is 6.17 Å². The molecule has 1 aliphatic rings. The molecule has 1 rings (SSSR count). The van der Waals surface area contributed by atoms with Gasteiger partial charge in [0, 0.05) is 39.9 Å². The van der Waals surface area contributed by atoms with E-state index in [0.717, 1.165) is 4.90 Å². The van der Waals surface area contributed by atoms with Gasteiger partial charge in [0.05, 0.1) is 13.2 Å². The first-order valence-corrected chi connectivity index (χ1v) is 5.41. The average molecular weight is 238 g/mol. The highest BCUT2D eigenvalue weighted by molar-refractivity contribution is 4.84. The molecule has 1 saturated heterocycles. The summed E-state index contributed by atoms with van der Waals surface area (Å²) >= 11 is 0. The Kier molecular flexibility index (Phi) is 5.04. The topological polar surface area (TPSA) is 24.9 Å². The lowest BCUT2D eigenvalue weighted by atomic mass is 10.3. The standard InChI is InChI=1S/C10H20F2N2O2/c1-9(8-16-3)14-5-4-13(6-7-15-2)10(14,11)12/h9H,4-8H2,1-3H3. The van der Waals surface area contributed by atoms with Crippen molar-refractivity contribution in [2.24, 2.45) is 0 Å². The molecule has 16 heavy (non-hydrogen) atoms. The zero-order chi connectivity index (χ0) is 12.2. The molecule has 1 unspecified atom stereocenters. The Morgan fingerprint density at radius 1 is 1.25 bits per heavy atom. The van der Waals surface area contributed by atoms with Gasteiger partial charge in [0.2, 0.25) is 0 Å². The van der Waals surface area contributed by atoms with Crippen LogP contribution in [-0.4, -0.2) is 69.1 Å². The summed E-state index contributed by atoms with van der Waals surface area (Å²) in [6.45, 7) is 3.36. The monoisotopic (exact) mass is 238 g/mol. The van der Waals surface area contributed by atoms with Gasteiger partial charge in [-0.3, -0.25) is 0 Å².